The van der Waals surface area contributed by atoms with Crippen molar-refractivity contribution < 1.29 is 22.8 Å². The van der Waals surface area contributed by atoms with Gasteiger partial charge < -0.3 is 4.98 Å². The highest BCUT2D eigenvalue weighted by Crippen LogP contribution is 2.53. The molecule has 1 saturated heterocycles. The van der Waals surface area contributed by atoms with E-state index in [9.17, 15) is 27.6 Å². The number of H-pyrrole nitrogens is 1. The third-order valence-electron chi connectivity index (χ3n) is 5.50. The number of imide groups is 1. The molecule has 0 bridgehead atoms. The minimum absolute atomic E-state index is 0.333. The lowest BCUT2D eigenvalue weighted by Crippen LogP contribution is -2.33. The van der Waals surface area contributed by atoms with Gasteiger partial charge in [0.1, 0.15) is 5.25 Å². The number of amides is 2. The molecule has 0 spiro atoms. The molecular formula is C21H12ClF3N2O3S2. The van der Waals surface area contributed by atoms with Gasteiger partial charge in [-0.05, 0) is 29.8 Å². The Hall–Kier alpha value is -2.56. The summed E-state index contributed by atoms with van der Waals surface area (Å²) in [5, 5.41) is -0.0527. The standard InChI is InChI=1S/C21H12ClF3N2O3S2/c22-10-7-5-9(6-8-10)13-14-16(31-17-15(13)32-20(30)26-17)19(29)27(18(14)28)12-4-2-1-3-11(12)21(23,24)25/h1-8,13-14,16H,(H,26,30). The number of nitrogens with zero attached hydrogens (tertiary/aromatic N) is 1. The van der Waals surface area contributed by atoms with Crippen molar-refractivity contribution in [2.45, 2.75) is 22.4 Å². The van der Waals surface area contributed by atoms with Gasteiger partial charge in [0.15, 0.2) is 0 Å². The van der Waals surface area contributed by atoms with Gasteiger partial charge in [0.05, 0.1) is 22.2 Å². The van der Waals surface area contributed by atoms with Crippen molar-refractivity contribution in [2.24, 2.45) is 5.92 Å². The van der Waals surface area contributed by atoms with E-state index < -0.39 is 46.3 Å². The molecule has 3 heterocycles. The van der Waals surface area contributed by atoms with Crippen LogP contribution in [0, 0.1) is 5.92 Å². The number of anilines is 1. The first kappa shape index (κ1) is 21.3. The van der Waals surface area contributed by atoms with Gasteiger partial charge in [-0.15, -0.1) is 0 Å². The Labute approximate surface area is 192 Å². The van der Waals surface area contributed by atoms with Gasteiger partial charge in [-0.25, -0.2) is 4.90 Å². The average Bonchev–Trinajstić information content (AvgIpc) is 3.23. The van der Waals surface area contributed by atoms with Gasteiger partial charge >= 0.3 is 11.0 Å². The van der Waals surface area contributed by atoms with E-state index >= 15 is 0 Å². The van der Waals surface area contributed by atoms with Crippen LogP contribution in [0.1, 0.15) is 21.9 Å². The Morgan fingerprint density at radius 2 is 1.66 bits per heavy atom. The number of aromatic nitrogens is 1. The van der Waals surface area contributed by atoms with Crippen LogP contribution >= 0.6 is 34.7 Å². The third kappa shape index (κ3) is 3.28. The molecule has 0 aliphatic carbocycles. The zero-order valence-electron chi connectivity index (χ0n) is 15.9. The minimum atomic E-state index is -4.74. The number of carbonyl (C=O) groups excluding carboxylic acids is 2. The first-order valence-electron chi connectivity index (χ1n) is 9.36. The predicted octanol–water partition coefficient (Wildman–Crippen LogP) is 4.90. The Morgan fingerprint density at radius 1 is 0.969 bits per heavy atom. The molecular weight excluding hydrogens is 485 g/mol. The van der Waals surface area contributed by atoms with E-state index in [1.54, 1.807) is 24.3 Å². The Balaban J connectivity index is 1.66. The molecule has 1 aromatic heterocycles. The summed E-state index contributed by atoms with van der Waals surface area (Å²) >= 11 is 7.92. The zero-order valence-corrected chi connectivity index (χ0v) is 18.2. The highest BCUT2D eigenvalue weighted by molar-refractivity contribution is 8.00. The molecule has 1 fully saturated rings. The van der Waals surface area contributed by atoms with Crippen molar-refractivity contribution in [3.63, 3.8) is 0 Å². The van der Waals surface area contributed by atoms with Crippen molar-refractivity contribution in [2.75, 3.05) is 4.90 Å². The van der Waals surface area contributed by atoms with Gasteiger partial charge in [-0.3, -0.25) is 14.4 Å². The molecule has 3 unspecified atom stereocenters. The molecule has 5 nitrogen and oxygen atoms in total. The first-order chi connectivity index (χ1) is 15.2. The summed E-state index contributed by atoms with van der Waals surface area (Å²) < 4.78 is 40.8. The number of carbonyl (C=O) groups is 2. The van der Waals surface area contributed by atoms with Crippen molar-refractivity contribution in [3.8, 4) is 0 Å². The summed E-state index contributed by atoms with van der Waals surface area (Å²) in [6.45, 7) is 0. The van der Waals surface area contributed by atoms with Crippen molar-refractivity contribution in [1.29, 1.82) is 0 Å². The number of benzene rings is 2. The Morgan fingerprint density at radius 3 is 2.34 bits per heavy atom. The van der Waals surface area contributed by atoms with Crippen LogP contribution in [0.3, 0.4) is 0 Å². The zero-order chi connectivity index (χ0) is 22.8. The molecule has 2 amide bonds. The lowest BCUT2D eigenvalue weighted by atomic mass is 9.83. The summed E-state index contributed by atoms with van der Waals surface area (Å²) in [6, 6.07) is 11.2. The molecule has 1 N–H and O–H groups in total. The Bertz CT molecular complexity index is 1300. The number of alkyl halides is 3. The molecule has 5 rings (SSSR count). The van der Waals surface area contributed by atoms with Gasteiger partial charge in [0, 0.05) is 15.8 Å². The monoisotopic (exact) mass is 496 g/mol. The number of para-hydroxylation sites is 1. The average molecular weight is 497 g/mol. The Kier molecular flexibility index (Phi) is 4.99. The molecule has 3 atom stereocenters. The number of aromatic amines is 1. The second kappa shape index (κ2) is 7.50. The van der Waals surface area contributed by atoms with Gasteiger partial charge in [0.25, 0.3) is 0 Å². The van der Waals surface area contributed by atoms with E-state index in [1.165, 1.54) is 12.1 Å². The van der Waals surface area contributed by atoms with Crippen molar-refractivity contribution in [3.05, 3.63) is 79.2 Å². The summed E-state index contributed by atoms with van der Waals surface area (Å²) in [5.74, 6) is -3.10. The van der Waals surface area contributed by atoms with E-state index in [-0.39, 0.29) is 4.87 Å². The molecule has 0 radical (unpaired) electrons. The fourth-order valence-corrected chi connectivity index (χ4v) is 6.83. The van der Waals surface area contributed by atoms with Crippen LogP contribution in [-0.2, 0) is 15.8 Å². The number of hydrogen-bond acceptors (Lipinski definition) is 5. The van der Waals surface area contributed by atoms with Crippen LogP contribution in [0.2, 0.25) is 5.02 Å². The number of fused-ring (bicyclic) bond motifs is 2. The van der Waals surface area contributed by atoms with Crippen LogP contribution in [0.5, 0.6) is 0 Å². The second-order valence-corrected chi connectivity index (χ2v) is 9.93. The number of nitrogens with one attached hydrogen (secondary N) is 1. The maximum atomic E-state index is 13.6. The van der Waals surface area contributed by atoms with Crippen LogP contribution in [0.25, 0.3) is 0 Å². The van der Waals surface area contributed by atoms with Crippen LogP contribution in [-0.4, -0.2) is 22.0 Å². The lowest BCUT2D eigenvalue weighted by molar-refractivity contribution is -0.137. The van der Waals surface area contributed by atoms with Gasteiger partial charge in [0.2, 0.25) is 11.8 Å². The fraction of sp³-hybridized carbons (Fsp3) is 0.190. The number of thiazole rings is 1. The van der Waals surface area contributed by atoms with Crippen molar-refractivity contribution in [1.82, 2.24) is 4.98 Å². The second-order valence-electron chi connectivity index (χ2n) is 7.33. The number of rotatable bonds is 2. The van der Waals surface area contributed by atoms with E-state index in [0.29, 0.717) is 25.4 Å². The van der Waals surface area contributed by atoms with Crippen LogP contribution in [0.15, 0.2) is 58.4 Å². The summed E-state index contributed by atoms with van der Waals surface area (Å²) in [6.07, 6.45) is -4.74. The molecule has 0 saturated carbocycles. The summed E-state index contributed by atoms with van der Waals surface area (Å²) in [4.78, 5) is 42.4. The highest BCUT2D eigenvalue weighted by atomic mass is 35.5. The molecule has 2 aliphatic heterocycles. The normalized spacial score (nSPS) is 22.8. The van der Waals surface area contributed by atoms with Crippen LogP contribution < -0.4 is 9.77 Å². The SMILES string of the molecule is O=C1C2Sc3[nH]c(=O)sc3C(c3ccc(Cl)cc3)C2C(=O)N1c1ccccc1C(F)(F)F. The van der Waals surface area contributed by atoms with Crippen molar-refractivity contribution >= 4 is 52.2 Å². The van der Waals surface area contributed by atoms with E-state index in [1.807, 2.05) is 0 Å². The first-order valence-corrected chi connectivity index (χ1v) is 11.4. The molecule has 32 heavy (non-hydrogen) atoms. The third-order valence-corrected chi connectivity index (χ3v) is 8.16. The smallest absolute Gasteiger partial charge is 0.307 e. The van der Waals surface area contributed by atoms with E-state index in [2.05, 4.69) is 4.98 Å². The van der Waals surface area contributed by atoms with Gasteiger partial charge in [-0.2, -0.15) is 13.2 Å². The molecule has 2 aliphatic rings. The number of hydrogen-bond donors (Lipinski definition) is 1. The quantitative estimate of drug-likeness (QED) is 0.512. The summed E-state index contributed by atoms with van der Waals surface area (Å²) in [7, 11) is 0. The number of thioether (sulfide) groups is 1. The minimum Gasteiger partial charge on any atom is -0.307 e. The van der Waals surface area contributed by atoms with E-state index in [4.69, 9.17) is 11.6 Å². The topological polar surface area (TPSA) is 70.2 Å². The fourth-order valence-electron chi connectivity index (χ4n) is 4.19. The largest absolute Gasteiger partial charge is 0.418 e. The van der Waals surface area contributed by atoms with Gasteiger partial charge in [-0.1, -0.05) is 59.0 Å². The van der Waals surface area contributed by atoms with Crippen LogP contribution in [0.4, 0.5) is 18.9 Å². The maximum Gasteiger partial charge on any atom is 0.418 e. The highest BCUT2D eigenvalue weighted by Gasteiger charge is 2.57. The molecule has 11 heteroatoms. The van der Waals surface area contributed by atoms with E-state index in [0.717, 1.165) is 35.2 Å². The molecule has 2 aromatic carbocycles. The molecule has 164 valence electrons. The number of halogens is 4. The lowest BCUT2D eigenvalue weighted by Gasteiger charge is -2.29. The maximum absolute atomic E-state index is 13.6. The molecule has 3 aromatic rings. The summed E-state index contributed by atoms with van der Waals surface area (Å²) in [5.41, 5.74) is -0.901. The predicted molar refractivity (Wildman–Crippen MR) is 115 cm³/mol.